The van der Waals surface area contributed by atoms with Crippen LogP contribution in [-0.2, 0) is 36.9 Å². The van der Waals surface area contributed by atoms with Gasteiger partial charge in [-0.3, -0.25) is 19.2 Å². The minimum Gasteiger partial charge on any atom is -0.383 e. The van der Waals surface area contributed by atoms with E-state index < -0.39 is 23.9 Å². The molecule has 4 amide bonds. The summed E-state index contributed by atoms with van der Waals surface area (Å²) < 4.78 is 5.01. The van der Waals surface area contributed by atoms with Gasteiger partial charge in [0.25, 0.3) is 0 Å². The molecule has 0 radical (unpaired) electrons. The van der Waals surface area contributed by atoms with E-state index in [1.165, 1.54) is 9.80 Å². The van der Waals surface area contributed by atoms with E-state index in [1.54, 1.807) is 32.4 Å². The molecule has 4 N–H and O–H groups in total. The molecule has 216 valence electrons. The lowest BCUT2D eigenvalue weighted by Crippen LogP contribution is -2.56. The predicted octanol–water partition coefficient (Wildman–Crippen LogP) is 2.26. The molecule has 0 saturated heterocycles. The Labute approximate surface area is 240 Å². The van der Waals surface area contributed by atoms with Crippen molar-refractivity contribution in [2.24, 2.45) is 5.73 Å². The van der Waals surface area contributed by atoms with Crippen molar-refractivity contribution in [2.75, 3.05) is 39.2 Å². The molecular formula is C29H38ClN5O5. The van der Waals surface area contributed by atoms with Gasteiger partial charge >= 0.3 is 0 Å². The highest BCUT2D eigenvalue weighted by molar-refractivity contribution is 6.31. The molecule has 0 unspecified atom stereocenters. The second-order valence-corrected chi connectivity index (χ2v) is 10.3. The van der Waals surface area contributed by atoms with Crippen LogP contribution in [0.2, 0.25) is 5.02 Å². The molecule has 2 atom stereocenters. The summed E-state index contributed by atoms with van der Waals surface area (Å²) in [5.74, 6) is -1.35. The number of likely N-dealkylation sites (N-methyl/N-ethyl adjacent to an activating group) is 1. The lowest BCUT2D eigenvalue weighted by Gasteiger charge is -2.37. The van der Waals surface area contributed by atoms with Crippen LogP contribution in [0.3, 0.4) is 0 Å². The first-order valence-corrected chi connectivity index (χ1v) is 13.7. The minimum absolute atomic E-state index is 0.0181. The predicted molar refractivity (Wildman–Crippen MR) is 154 cm³/mol. The fourth-order valence-electron chi connectivity index (χ4n) is 4.58. The molecule has 11 heteroatoms. The van der Waals surface area contributed by atoms with Crippen LogP contribution in [0.5, 0.6) is 0 Å². The SMILES string of the molecule is COCCN(C)C(=O)CCC(=O)N1Cc2ccccc2C[C@H]1C(=O)N[C@@H](CCN)C(=O)Nc1ccc(Cl)c(C)c1. The largest absolute Gasteiger partial charge is 0.383 e. The number of nitrogens with one attached hydrogen (secondary N) is 2. The number of aryl methyl sites for hydroxylation is 1. The molecule has 2 aromatic rings. The number of carbonyl (C=O) groups is 4. The van der Waals surface area contributed by atoms with Crippen molar-refractivity contribution in [3.05, 3.63) is 64.2 Å². The van der Waals surface area contributed by atoms with Crippen LogP contribution < -0.4 is 16.4 Å². The molecular weight excluding hydrogens is 534 g/mol. The van der Waals surface area contributed by atoms with E-state index in [4.69, 9.17) is 22.1 Å². The van der Waals surface area contributed by atoms with Crippen LogP contribution in [0.4, 0.5) is 5.69 Å². The Kier molecular flexibility index (Phi) is 11.5. The van der Waals surface area contributed by atoms with Crippen LogP contribution in [0.15, 0.2) is 42.5 Å². The highest BCUT2D eigenvalue weighted by Crippen LogP contribution is 2.25. The van der Waals surface area contributed by atoms with Crippen molar-refractivity contribution in [2.45, 2.75) is 51.2 Å². The number of benzene rings is 2. The van der Waals surface area contributed by atoms with Crippen molar-refractivity contribution in [3.63, 3.8) is 0 Å². The van der Waals surface area contributed by atoms with E-state index in [2.05, 4.69) is 10.6 Å². The monoisotopic (exact) mass is 571 g/mol. The Hall–Kier alpha value is -3.47. The highest BCUT2D eigenvalue weighted by atomic mass is 35.5. The summed E-state index contributed by atoms with van der Waals surface area (Å²) >= 11 is 6.09. The number of fused-ring (bicyclic) bond motifs is 1. The molecule has 10 nitrogen and oxygen atoms in total. The molecule has 0 bridgehead atoms. The number of carbonyl (C=O) groups excluding carboxylic acids is 4. The van der Waals surface area contributed by atoms with Gasteiger partial charge in [0.1, 0.15) is 12.1 Å². The molecule has 0 aromatic heterocycles. The van der Waals surface area contributed by atoms with E-state index in [9.17, 15) is 19.2 Å². The Balaban J connectivity index is 1.74. The van der Waals surface area contributed by atoms with Gasteiger partial charge in [0, 0.05) is 57.2 Å². The number of methoxy groups -OCH3 is 1. The van der Waals surface area contributed by atoms with E-state index in [1.807, 2.05) is 31.2 Å². The number of hydrogen-bond donors (Lipinski definition) is 3. The average molecular weight is 572 g/mol. The van der Waals surface area contributed by atoms with Crippen molar-refractivity contribution in [1.82, 2.24) is 15.1 Å². The maximum atomic E-state index is 13.6. The van der Waals surface area contributed by atoms with Gasteiger partial charge in [0.2, 0.25) is 23.6 Å². The fourth-order valence-corrected chi connectivity index (χ4v) is 4.69. The van der Waals surface area contributed by atoms with Gasteiger partial charge in [-0.15, -0.1) is 0 Å². The third-order valence-corrected chi connectivity index (χ3v) is 7.42. The number of anilines is 1. The number of nitrogens with two attached hydrogens (primary N) is 1. The van der Waals surface area contributed by atoms with Crippen molar-refractivity contribution >= 4 is 40.9 Å². The molecule has 0 fully saturated rings. The summed E-state index contributed by atoms with van der Waals surface area (Å²) in [5.41, 5.74) is 9.01. The van der Waals surface area contributed by atoms with Crippen LogP contribution in [0.1, 0.15) is 36.0 Å². The molecule has 0 aliphatic carbocycles. The summed E-state index contributed by atoms with van der Waals surface area (Å²) in [6.45, 7) is 3.06. The van der Waals surface area contributed by atoms with E-state index >= 15 is 0 Å². The Morgan fingerprint density at radius 1 is 1.15 bits per heavy atom. The van der Waals surface area contributed by atoms with Gasteiger partial charge in [-0.1, -0.05) is 35.9 Å². The third-order valence-electron chi connectivity index (χ3n) is 6.99. The topological polar surface area (TPSA) is 134 Å². The lowest BCUT2D eigenvalue weighted by atomic mass is 9.92. The zero-order valence-corrected chi connectivity index (χ0v) is 24.0. The molecule has 1 aliphatic heterocycles. The van der Waals surface area contributed by atoms with Crippen molar-refractivity contribution in [1.29, 1.82) is 0 Å². The lowest BCUT2D eigenvalue weighted by molar-refractivity contribution is -0.144. The Bertz CT molecular complexity index is 1220. The standard InChI is InChI=1S/C29H38ClN5O5/c1-19-16-22(8-9-23(19)30)32-28(38)24(12-13-31)33-29(39)25-17-20-6-4-5-7-21(20)18-35(25)27(37)11-10-26(36)34(2)14-15-40-3/h4-9,16,24-25H,10-15,17-18,31H2,1-3H3,(H,32,38)(H,33,39)/t24-,25-/m0/s1. The van der Waals surface area contributed by atoms with Crippen LogP contribution in [0.25, 0.3) is 0 Å². The van der Waals surface area contributed by atoms with Crippen LogP contribution >= 0.6 is 11.6 Å². The minimum atomic E-state index is -0.904. The molecule has 1 heterocycles. The first-order chi connectivity index (χ1) is 19.1. The summed E-state index contributed by atoms with van der Waals surface area (Å²) in [7, 11) is 3.22. The number of nitrogens with zero attached hydrogens (tertiary/aromatic N) is 2. The van der Waals surface area contributed by atoms with Crippen molar-refractivity contribution in [3.8, 4) is 0 Å². The molecule has 0 spiro atoms. The number of halogens is 1. The fraction of sp³-hybridized carbons (Fsp3) is 0.448. The summed E-state index contributed by atoms with van der Waals surface area (Å²) in [5, 5.41) is 6.21. The molecule has 1 aliphatic rings. The van der Waals surface area contributed by atoms with Gasteiger partial charge < -0.3 is 30.9 Å². The molecule has 0 saturated carbocycles. The average Bonchev–Trinajstić information content (AvgIpc) is 2.95. The van der Waals surface area contributed by atoms with Crippen LogP contribution in [-0.4, -0.2) is 79.4 Å². The summed E-state index contributed by atoms with van der Waals surface area (Å²) in [6.07, 6.45) is 0.488. The van der Waals surface area contributed by atoms with Crippen molar-refractivity contribution < 1.29 is 23.9 Å². The molecule has 2 aromatic carbocycles. The quantitative estimate of drug-likeness (QED) is 0.358. The second kappa shape index (κ2) is 14.8. The number of rotatable bonds is 12. The maximum Gasteiger partial charge on any atom is 0.246 e. The zero-order chi connectivity index (χ0) is 29.2. The van der Waals surface area contributed by atoms with E-state index in [-0.39, 0.29) is 44.2 Å². The van der Waals surface area contributed by atoms with Gasteiger partial charge in [-0.2, -0.15) is 0 Å². The number of amides is 4. The summed E-state index contributed by atoms with van der Waals surface area (Å²) in [4.78, 5) is 55.6. The van der Waals surface area contributed by atoms with Gasteiger partial charge in [-0.25, -0.2) is 0 Å². The number of ether oxygens (including phenoxy) is 1. The first kappa shape index (κ1) is 31.1. The van der Waals surface area contributed by atoms with E-state index in [0.29, 0.717) is 30.3 Å². The highest BCUT2D eigenvalue weighted by Gasteiger charge is 2.36. The van der Waals surface area contributed by atoms with Gasteiger partial charge in [0.15, 0.2) is 0 Å². The third kappa shape index (κ3) is 8.27. The molecule has 40 heavy (non-hydrogen) atoms. The maximum absolute atomic E-state index is 13.6. The smallest absolute Gasteiger partial charge is 0.246 e. The van der Waals surface area contributed by atoms with Crippen LogP contribution in [0, 0.1) is 6.92 Å². The normalized spacial score (nSPS) is 15.1. The summed E-state index contributed by atoms with van der Waals surface area (Å²) in [6, 6.07) is 11.0. The Morgan fingerprint density at radius 3 is 2.55 bits per heavy atom. The molecule has 3 rings (SSSR count). The number of hydrogen-bond acceptors (Lipinski definition) is 6. The zero-order valence-electron chi connectivity index (χ0n) is 23.2. The first-order valence-electron chi connectivity index (χ1n) is 13.3. The van der Waals surface area contributed by atoms with Gasteiger partial charge in [0.05, 0.1) is 6.61 Å². The Morgan fingerprint density at radius 2 is 1.88 bits per heavy atom. The van der Waals surface area contributed by atoms with Gasteiger partial charge in [-0.05, 0) is 54.8 Å². The van der Waals surface area contributed by atoms with E-state index in [0.717, 1.165) is 16.7 Å². The second-order valence-electron chi connectivity index (χ2n) is 9.91.